The highest BCUT2D eigenvalue weighted by Crippen LogP contribution is 2.32. The molecule has 4 rings (SSSR count). The minimum Gasteiger partial charge on any atom is -0.383 e. The molecular weight excluding hydrogens is 491 g/mol. The van der Waals surface area contributed by atoms with E-state index >= 15 is 0 Å². The van der Waals surface area contributed by atoms with E-state index < -0.39 is 0 Å². The van der Waals surface area contributed by atoms with Crippen LogP contribution in [0.2, 0.25) is 5.02 Å². The van der Waals surface area contributed by atoms with Gasteiger partial charge in [0.25, 0.3) is 0 Å². The fraction of sp³-hybridized carbons (Fsp3) is 0.655. The normalized spacial score (nSPS) is 24.5. The predicted molar refractivity (Wildman–Crippen MR) is 148 cm³/mol. The molecule has 8 heteroatoms. The molecule has 2 aliphatic rings. The molecule has 3 heterocycles. The topological polar surface area (TPSA) is 68.3 Å². The van der Waals surface area contributed by atoms with Gasteiger partial charge in [0.1, 0.15) is 0 Å². The van der Waals surface area contributed by atoms with Gasteiger partial charge in [-0.25, -0.2) is 9.37 Å². The second-order valence-corrected chi connectivity index (χ2v) is 11.9. The first kappa shape index (κ1) is 28.2. The standard InChI is InChI=1S/C29H42ClFN4O2/c1-19(18-36-4)34-22-7-5-20(6-8-22)13-23-14-24(25(30)17-32-23)27-10-9-26(31)28(35-27)33-16-21-11-12-37-29(2,3)15-21/h9-10,14,17,19-22,34H,5-8,11-13,15-16,18H2,1-4H3,(H,33,35)/t19-,20?,21+,22?/m0/s1. The first-order valence-electron chi connectivity index (χ1n) is 13.7. The third-order valence-corrected chi connectivity index (χ3v) is 7.97. The maximum atomic E-state index is 14.6. The minimum atomic E-state index is -0.356. The molecule has 0 unspecified atom stereocenters. The van der Waals surface area contributed by atoms with Crippen molar-refractivity contribution in [3.63, 3.8) is 0 Å². The molecule has 2 atom stereocenters. The van der Waals surface area contributed by atoms with Gasteiger partial charge in [-0.1, -0.05) is 11.6 Å². The third kappa shape index (κ3) is 8.09. The number of rotatable bonds is 10. The molecule has 1 saturated heterocycles. The molecule has 2 aromatic rings. The molecule has 0 spiro atoms. The zero-order valence-electron chi connectivity index (χ0n) is 22.7. The molecule has 1 aliphatic carbocycles. The molecule has 37 heavy (non-hydrogen) atoms. The summed E-state index contributed by atoms with van der Waals surface area (Å²) >= 11 is 6.54. The molecule has 2 fully saturated rings. The van der Waals surface area contributed by atoms with Crippen LogP contribution in [0.25, 0.3) is 11.3 Å². The van der Waals surface area contributed by atoms with Crippen molar-refractivity contribution in [3.8, 4) is 11.3 Å². The van der Waals surface area contributed by atoms with Crippen LogP contribution in [0.4, 0.5) is 10.2 Å². The first-order chi connectivity index (χ1) is 17.7. The molecule has 1 saturated carbocycles. The van der Waals surface area contributed by atoms with Gasteiger partial charge >= 0.3 is 0 Å². The lowest BCUT2D eigenvalue weighted by atomic mass is 9.83. The highest BCUT2D eigenvalue weighted by Gasteiger charge is 2.29. The van der Waals surface area contributed by atoms with E-state index in [1.54, 1.807) is 19.4 Å². The smallest absolute Gasteiger partial charge is 0.165 e. The van der Waals surface area contributed by atoms with Crippen LogP contribution in [-0.2, 0) is 15.9 Å². The largest absolute Gasteiger partial charge is 0.383 e. The van der Waals surface area contributed by atoms with E-state index in [-0.39, 0.29) is 17.2 Å². The van der Waals surface area contributed by atoms with Crippen LogP contribution >= 0.6 is 11.6 Å². The summed E-state index contributed by atoms with van der Waals surface area (Å²) in [7, 11) is 1.75. The summed E-state index contributed by atoms with van der Waals surface area (Å²) in [5, 5.41) is 7.45. The molecule has 0 radical (unpaired) electrons. The summed E-state index contributed by atoms with van der Waals surface area (Å²) in [6, 6.07) is 6.11. The van der Waals surface area contributed by atoms with Gasteiger partial charge in [0, 0.05) is 49.8 Å². The number of ether oxygens (including phenoxy) is 2. The van der Waals surface area contributed by atoms with Crippen LogP contribution in [0.3, 0.4) is 0 Å². The van der Waals surface area contributed by atoms with Crippen LogP contribution in [-0.4, -0.2) is 54.5 Å². The van der Waals surface area contributed by atoms with Gasteiger partial charge in [-0.05, 0) is 95.8 Å². The monoisotopic (exact) mass is 532 g/mol. The number of halogens is 2. The molecule has 0 bridgehead atoms. The summed E-state index contributed by atoms with van der Waals surface area (Å²) < 4.78 is 25.7. The van der Waals surface area contributed by atoms with Gasteiger partial charge < -0.3 is 20.1 Å². The number of aromatic nitrogens is 2. The molecule has 6 nitrogen and oxygen atoms in total. The fourth-order valence-corrected chi connectivity index (χ4v) is 6.01. The average Bonchev–Trinajstić information content (AvgIpc) is 2.85. The molecule has 1 aliphatic heterocycles. The number of hydrogen-bond donors (Lipinski definition) is 2. The highest BCUT2D eigenvalue weighted by molar-refractivity contribution is 6.33. The van der Waals surface area contributed by atoms with Crippen molar-refractivity contribution in [2.75, 3.05) is 32.2 Å². The summed E-state index contributed by atoms with van der Waals surface area (Å²) in [6.07, 6.45) is 9.18. The van der Waals surface area contributed by atoms with Gasteiger partial charge in [-0.2, -0.15) is 0 Å². The van der Waals surface area contributed by atoms with Crippen molar-refractivity contribution in [1.29, 1.82) is 0 Å². The number of hydrogen-bond acceptors (Lipinski definition) is 6. The fourth-order valence-electron chi connectivity index (χ4n) is 5.81. The zero-order valence-corrected chi connectivity index (χ0v) is 23.4. The van der Waals surface area contributed by atoms with Gasteiger partial charge in [0.15, 0.2) is 11.6 Å². The van der Waals surface area contributed by atoms with Crippen molar-refractivity contribution in [2.45, 2.75) is 83.4 Å². The predicted octanol–water partition coefficient (Wildman–Crippen LogP) is 6.28. The summed E-state index contributed by atoms with van der Waals surface area (Å²) in [5.41, 5.74) is 2.32. The Balaban J connectivity index is 1.38. The Morgan fingerprint density at radius 2 is 1.97 bits per heavy atom. The van der Waals surface area contributed by atoms with Crippen molar-refractivity contribution in [3.05, 3.63) is 40.9 Å². The maximum absolute atomic E-state index is 14.6. The summed E-state index contributed by atoms with van der Waals surface area (Å²) in [6.45, 7) is 8.51. The molecule has 0 amide bonds. The third-order valence-electron chi connectivity index (χ3n) is 7.67. The second-order valence-electron chi connectivity index (χ2n) is 11.5. The van der Waals surface area contributed by atoms with Gasteiger partial charge in [-0.15, -0.1) is 0 Å². The number of methoxy groups -OCH3 is 1. The SMILES string of the molecule is COC[C@H](C)NC1CCC(Cc2cc(-c3ccc(F)c(NC[C@@H]4CCOC(C)(C)C4)n3)c(Cl)cn2)CC1. The van der Waals surface area contributed by atoms with Crippen molar-refractivity contribution < 1.29 is 13.9 Å². The van der Waals surface area contributed by atoms with E-state index in [2.05, 4.69) is 41.4 Å². The quantitative estimate of drug-likeness (QED) is 0.375. The molecule has 2 N–H and O–H groups in total. The Kier molecular flexibility index (Phi) is 9.79. The van der Waals surface area contributed by atoms with Crippen LogP contribution in [0, 0.1) is 17.7 Å². The Hall–Kier alpha value is -1.80. The van der Waals surface area contributed by atoms with E-state index in [4.69, 9.17) is 21.1 Å². The van der Waals surface area contributed by atoms with Crippen molar-refractivity contribution in [1.82, 2.24) is 15.3 Å². The van der Waals surface area contributed by atoms with Crippen molar-refractivity contribution >= 4 is 17.4 Å². The van der Waals surface area contributed by atoms with E-state index in [9.17, 15) is 4.39 Å². The van der Waals surface area contributed by atoms with E-state index in [0.29, 0.717) is 41.2 Å². The molecule has 0 aromatic carbocycles. The molecular formula is C29H42ClFN4O2. The Morgan fingerprint density at radius 1 is 1.19 bits per heavy atom. The number of anilines is 1. The molecule has 204 valence electrons. The Labute approximate surface area is 226 Å². The summed E-state index contributed by atoms with van der Waals surface area (Å²) in [5.74, 6) is 0.924. The molecule has 2 aromatic heterocycles. The number of pyridine rings is 2. The van der Waals surface area contributed by atoms with Crippen LogP contribution in [0.5, 0.6) is 0 Å². The lowest BCUT2D eigenvalue weighted by Crippen LogP contribution is -2.41. The van der Waals surface area contributed by atoms with Gasteiger partial charge in [-0.3, -0.25) is 4.98 Å². The van der Waals surface area contributed by atoms with Crippen LogP contribution < -0.4 is 10.6 Å². The van der Waals surface area contributed by atoms with Gasteiger partial charge in [0.2, 0.25) is 0 Å². The lowest BCUT2D eigenvalue weighted by Gasteiger charge is -2.35. The zero-order chi connectivity index (χ0) is 26.4. The van der Waals surface area contributed by atoms with Gasteiger partial charge in [0.05, 0.1) is 22.9 Å². The minimum absolute atomic E-state index is 0.141. The maximum Gasteiger partial charge on any atom is 0.165 e. The van der Waals surface area contributed by atoms with Crippen LogP contribution in [0.1, 0.15) is 65.0 Å². The highest BCUT2D eigenvalue weighted by atomic mass is 35.5. The average molecular weight is 533 g/mol. The Bertz CT molecular complexity index is 1030. The van der Waals surface area contributed by atoms with Crippen molar-refractivity contribution in [2.24, 2.45) is 11.8 Å². The Morgan fingerprint density at radius 3 is 2.70 bits per heavy atom. The number of nitrogens with zero attached hydrogens (tertiary/aromatic N) is 2. The summed E-state index contributed by atoms with van der Waals surface area (Å²) in [4.78, 5) is 9.22. The second kappa shape index (κ2) is 12.8. The first-order valence-corrected chi connectivity index (χ1v) is 14.0. The number of nitrogens with one attached hydrogen (secondary N) is 2. The van der Waals surface area contributed by atoms with Crippen LogP contribution in [0.15, 0.2) is 24.4 Å². The van der Waals surface area contributed by atoms with E-state index in [0.717, 1.165) is 56.6 Å². The van der Waals surface area contributed by atoms with E-state index in [1.165, 1.54) is 18.9 Å². The lowest BCUT2D eigenvalue weighted by molar-refractivity contribution is -0.0699. The van der Waals surface area contributed by atoms with E-state index in [1.807, 2.05) is 6.07 Å².